The van der Waals surface area contributed by atoms with Gasteiger partial charge >= 0.3 is 12.4 Å². The molecule has 2 aliphatic heterocycles. The number of benzene rings is 12. The molecule has 0 aromatic heterocycles. The number of fused-ring (bicyclic) bond motifs is 16. The molecule has 12 aromatic carbocycles. The van der Waals surface area contributed by atoms with Crippen LogP contribution in [0.15, 0.2) is 218 Å². The van der Waals surface area contributed by atoms with E-state index in [9.17, 15) is 26.3 Å². The summed E-state index contributed by atoms with van der Waals surface area (Å²) < 4.78 is 133. The van der Waals surface area contributed by atoms with Crippen molar-refractivity contribution in [2.24, 2.45) is 0 Å². The minimum absolute atomic E-state index is 0.524. The van der Waals surface area contributed by atoms with Gasteiger partial charge in [0.25, 0.3) is 0 Å². The molecule has 104 heavy (non-hydrogen) atoms. The van der Waals surface area contributed by atoms with Gasteiger partial charge in [0, 0.05) is 55.0 Å². The van der Waals surface area contributed by atoms with Crippen LogP contribution in [-0.4, -0.2) is 42.7 Å². The summed E-state index contributed by atoms with van der Waals surface area (Å²) in [5, 5.41) is 3.38. The summed E-state index contributed by atoms with van der Waals surface area (Å²) in [6.45, 7) is 8.73. The molecule has 0 bridgehead atoms. The molecule has 0 radical (unpaired) electrons. The minimum atomic E-state index is -4.46. The number of hydrogen-bond donors (Lipinski definition) is 0. The van der Waals surface area contributed by atoms with E-state index in [0.29, 0.717) is 57.1 Å². The van der Waals surface area contributed by atoms with Gasteiger partial charge in [-0.15, -0.1) is 0 Å². The van der Waals surface area contributed by atoms with Crippen molar-refractivity contribution in [1.82, 2.24) is 0 Å². The summed E-state index contributed by atoms with van der Waals surface area (Å²) in [5.74, 6) is 4.80. The fraction of sp³-hybridized carbons (Fsp3) is 0.178. The standard InChI is InChI=1S/C90H70F6O8/c1-85(2)73-45-55(53-17-27-61(28-18-53)89(91,92)93)21-39-65(73)79-69-47-75(99-7)77(101-9)49-71(69)83-67(81(79)85)41-43-87(103-83,59-31-35-63(97-5)36-32-59)57-23-13-51(14-24-57)11-12-52-15-25-58(26-16-52)88(60-33-37-64(98-6)38-34-60)44-42-68-82-80(70-48-76(100-8)78(102-10)50-72(70)84(68)104-88)66-40-22-56(46-74(66)86(82,3)4)54-19-29-62(30-20-54)90(94,95)96/h11-50H,1-10H3/b12-11+. The van der Waals surface area contributed by atoms with E-state index in [1.165, 1.54) is 24.3 Å². The zero-order valence-corrected chi connectivity index (χ0v) is 58.6. The average Bonchev–Trinajstić information content (AvgIpc) is 1.45. The molecule has 2 atom stereocenters. The normalized spacial score (nSPS) is 17.1. The second-order valence-electron chi connectivity index (χ2n) is 27.8. The predicted octanol–water partition coefficient (Wildman–Crippen LogP) is 22.9. The maximum Gasteiger partial charge on any atom is 0.416 e. The van der Waals surface area contributed by atoms with Crippen LogP contribution in [0, 0.1) is 0 Å². The van der Waals surface area contributed by atoms with Crippen LogP contribution in [-0.2, 0) is 34.4 Å². The van der Waals surface area contributed by atoms with E-state index >= 15 is 0 Å². The molecule has 0 fully saturated rings. The molecule has 0 amide bonds. The van der Waals surface area contributed by atoms with Gasteiger partial charge in [0.15, 0.2) is 34.2 Å². The van der Waals surface area contributed by atoms with Gasteiger partial charge < -0.3 is 37.9 Å². The Morgan fingerprint density at radius 3 is 0.952 bits per heavy atom. The van der Waals surface area contributed by atoms with Crippen LogP contribution < -0.4 is 37.9 Å². The molecule has 0 saturated carbocycles. The van der Waals surface area contributed by atoms with E-state index in [2.05, 4.69) is 137 Å². The van der Waals surface area contributed by atoms with Crippen LogP contribution in [0.25, 0.3) is 90.4 Å². The average molecular weight is 1390 g/mol. The van der Waals surface area contributed by atoms with Crippen molar-refractivity contribution in [3.8, 4) is 90.5 Å². The molecule has 2 aliphatic carbocycles. The summed E-state index contributed by atoms with van der Waals surface area (Å²) in [6.07, 6.45) is 3.84. The van der Waals surface area contributed by atoms with Crippen molar-refractivity contribution >= 4 is 45.8 Å². The van der Waals surface area contributed by atoms with Crippen LogP contribution in [0.3, 0.4) is 0 Å². The molecule has 16 rings (SSSR count). The zero-order chi connectivity index (χ0) is 72.6. The Labute approximate surface area is 598 Å². The molecule has 520 valence electrons. The van der Waals surface area contributed by atoms with Gasteiger partial charge in [0.1, 0.15) is 23.0 Å². The highest BCUT2D eigenvalue weighted by molar-refractivity contribution is 6.11. The SMILES string of the molecule is COc1ccc(C2(c3ccc(/C=C/c4ccc(C5(c6ccc(OC)cc6)C=Cc6c7c(c8cc(OC)c(OC)cc8c6O5)-c5ccc(-c6ccc(C(F)(F)F)cc6)cc5C7(C)C)cc4)cc3)C=Cc3c4c(c5cc(OC)c(OC)cc5c3O2)-c2ccc(-c3ccc(C(F)(F)F)cc3)cc2C4(C)C)cc1. The van der Waals surface area contributed by atoms with E-state index < -0.39 is 45.5 Å². The number of halogens is 6. The second-order valence-corrected chi connectivity index (χ2v) is 27.8. The smallest absolute Gasteiger partial charge is 0.416 e. The minimum Gasteiger partial charge on any atom is -0.497 e. The van der Waals surface area contributed by atoms with Gasteiger partial charge in [0.2, 0.25) is 0 Å². The second kappa shape index (κ2) is 24.5. The Morgan fingerprint density at radius 2 is 0.644 bits per heavy atom. The monoisotopic (exact) mass is 1390 g/mol. The van der Waals surface area contributed by atoms with Gasteiger partial charge in [-0.3, -0.25) is 0 Å². The van der Waals surface area contributed by atoms with E-state index in [0.717, 1.165) is 146 Å². The van der Waals surface area contributed by atoms with Crippen molar-refractivity contribution < 1.29 is 64.2 Å². The largest absolute Gasteiger partial charge is 0.497 e. The van der Waals surface area contributed by atoms with Gasteiger partial charge in [0.05, 0.1) is 53.8 Å². The highest BCUT2D eigenvalue weighted by Crippen LogP contribution is 2.62. The molecular formula is C90H70F6O8. The summed E-state index contributed by atoms with van der Waals surface area (Å²) in [6, 6.07) is 63.4. The summed E-state index contributed by atoms with van der Waals surface area (Å²) in [4.78, 5) is 0. The van der Waals surface area contributed by atoms with Gasteiger partial charge in [-0.2, -0.15) is 26.3 Å². The first-order valence-corrected chi connectivity index (χ1v) is 34.1. The number of alkyl halides is 6. The highest BCUT2D eigenvalue weighted by atomic mass is 19.4. The van der Waals surface area contributed by atoms with Crippen LogP contribution in [0.2, 0.25) is 0 Å². The molecule has 2 heterocycles. The maximum atomic E-state index is 13.7. The van der Waals surface area contributed by atoms with Crippen molar-refractivity contribution in [2.45, 2.75) is 62.1 Å². The molecule has 8 nitrogen and oxygen atoms in total. The summed E-state index contributed by atoms with van der Waals surface area (Å²) >= 11 is 0. The third-order valence-corrected chi connectivity index (χ3v) is 21.5. The Kier molecular flexibility index (Phi) is 15.8. The lowest BCUT2D eigenvalue weighted by molar-refractivity contribution is -0.138. The van der Waals surface area contributed by atoms with Crippen LogP contribution in [0.5, 0.6) is 46.0 Å². The number of methoxy groups -OCH3 is 6. The first kappa shape index (κ1) is 66.9. The van der Waals surface area contributed by atoms with E-state index in [1.54, 1.807) is 42.7 Å². The Hall–Kier alpha value is -11.6. The molecule has 2 unspecified atom stereocenters. The van der Waals surface area contributed by atoms with Crippen molar-refractivity contribution in [3.63, 3.8) is 0 Å². The lowest BCUT2D eigenvalue weighted by atomic mass is 9.76. The fourth-order valence-corrected chi connectivity index (χ4v) is 16.2. The van der Waals surface area contributed by atoms with E-state index in [1.807, 2.05) is 84.9 Å². The molecule has 4 aliphatic rings. The molecule has 0 spiro atoms. The molecule has 0 saturated heterocycles. The first-order valence-electron chi connectivity index (χ1n) is 34.1. The van der Waals surface area contributed by atoms with Crippen molar-refractivity contribution in [1.29, 1.82) is 0 Å². The maximum absolute atomic E-state index is 13.7. The topological polar surface area (TPSA) is 73.8 Å². The van der Waals surface area contributed by atoms with E-state index in [4.69, 9.17) is 37.9 Å². The summed E-state index contributed by atoms with van der Waals surface area (Å²) in [7, 11) is 9.73. The Balaban J connectivity index is 0.754. The van der Waals surface area contributed by atoms with Crippen LogP contribution in [0.1, 0.15) is 106 Å². The lowest BCUT2D eigenvalue weighted by Crippen LogP contribution is -2.35. The van der Waals surface area contributed by atoms with Crippen LogP contribution in [0.4, 0.5) is 26.3 Å². The number of ether oxygens (including phenoxy) is 8. The highest BCUT2D eigenvalue weighted by Gasteiger charge is 2.48. The fourth-order valence-electron chi connectivity index (χ4n) is 16.2. The van der Waals surface area contributed by atoms with Gasteiger partial charge in [-0.05, 0) is 186 Å². The molecule has 12 aromatic rings. The van der Waals surface area contributed by atoms with Crippen molar-refractivity contribution in [2.75, 3.05) is 42.7 Å². The van der Waals surface area contributed by atoms with Gasteiger partial charge in [-0.25, -0.2) is 0 Å². The number of hydrogen-bond acceptors (Lipinski definition) is 8. The third kappa shape index (κ3) is 10.6. The Bertz CT molecular complexity index is 5210. The van der Waals surface area contributed by atoms with Crippen molar-refractivity contribution in [3.05, 3.63) is 296 Å². The molecular weight excluding hydrogens is 1320 g/mol. The lowest BCUT2D eigenvalue weighted by Gasteiger charge is -2.38. The Morgan fingerprint density at radius 1 is 0.337 bits per heavy atom. The van der Waals surface area contributed by atoms with Crippen LogP contribution >= 0.6 is 0 Å². The third-order valence-electron chi connectivity index (χ3n) is 21.5. The predicted molar refractivity (Wildman–Crippen MR) is 399 cm³/mol. The molecule has 14 heteroatoms. The quantitative estimate of drug-likeness (QED) is 0.0788. The number of rotatable bonds is 14. The zero-order valence-electron chi connectivity index (χ0n) is 58.6. The van der Waals surface area contributed by atoms with Gasteiger partial charge in [-0.1, -0.05) is 173 Å². The first-order chi connectivity index (χ1) is 49.9. The summed E-state index contributed by atoms with van der Waals surface area (Å²) in [5.41, 5.74) is 13.3. The molecule has 0 N–H and O–H groups in total. The van der Waals surface area contributed by atoms with E-state index in [-0.39, 0.29) is 0 Å².